The Morgan fingerprint density at radius 1 is 1.38 bits per heavy atom. The van der Waals surface area contributed by atoms with Crippen molar-refractivity contribution in [1.29, 1.82) is 0 Å². The van der Waals surface area contributed by atoms with E-state index in [9.17, 15) is 4.79 Å². The van der Waals surface area contributed by atoms with E-state index >= 15 is 0 Å². The molecule has 0 fully saturated rings. The van der Waals surface area contributed by atoms with Gasteiger partial charge < -0.3 is 9.47 Å². The molecule has 1 aromatic carbocycles. The zero-order valence-electron chi connectivity index (χ0n) is 10.2. The molecule has 88 valence electrons. The summed E-state index contributed by atoms with van der Waals surface area (Å²) in [5, 5.41) is 0. The summed E-state index contributed by atoms with van der Waals surface area (Å²) in [6, 6.07) is 5.93. The van der Waals surface area contributed by atoms with Crippen LogP contribution in [0, 0.1) is 13.8 Å². The van der Waals surface area contributed by atoms with E-state index in [0.717, 1.165) is 16.9 Å². The van der Waals surface area contributed by atoms with Crippen LogP contribution in [-0.4, -0.2) is 19.2 Å². The lowest BCUT2D eigenvalue weighted by Crippen LogP contribution is -2.28. The van der Waals surface area contributed by atoms with Crippen LogP contribution in [0.3, 0.4) is 0 Å². The summed E-state index contributed by atoms with van der Waals surface area (Å²) in [5.74, 6) is 0.417. The Morgan fingerprint density at radius 3 is 2.62 bits per heavy atom. The number of carbonyl (C=O) groups excluding carboxylic acids is 1. The number of hydrogen-bond acceptors (Lipinski definition) is 3. The van der Waals surface area contributed by atoms with Crippen LogP contribution >= 0.6 is 0 Å². The van der Waals surface area contributed by atoms with Crippen molar-refractivity contribution in [3.8, 4) is 5.75 Å². The molecule has 1 unspecified atom stereocenters. The molecule has 0 bridgehead atoms. The highest BCUT2D eigenvalue weighted by Crippen LogP contribution is 2.21. The summed E-state index contributed by atoms with van der Waals surface area (Å²) in [5.41, 5.74) is 2.13. The van der Waals surface area contributed by atoms with E-state index in [-0.39, 0.29) is 5.97 Å². The van der Waals surface area contributed by atoms with Gasteiger partial charge >= 0.3 is 5.97 Å². The van der Waals surface area contributed by atoms with Gasteiger partial charge in [-0.3, -0.25) is 0 Å². The Hall–Kier alpha value is -1.51. The summed E-state index contributed by atoms with van der Waals surface area (Å²) in [7, 11) is 1.37. The van der Waals surface area contributed by atoms with E-state index in [2.05, 4.69) is 4.74 Å². The second-order valence-corrected chi connectivity index (χ2v) is 3.81. The van der Waals surface area contributed by atoms with Crippen LogP contribution in [0.1, 0.15) is 24.5 Å². The van der Waals surface area contributed by atoms with Crippen LogP contribution in [0.25, 0.3) is 0 Å². The first-order chi connectivity index (χ1) is 7.58. The number of hydrogen-bond donors (Lipinski definition) is 0. The zero-order chi connectivity index (χ0) is 12.1. The highest BCUT2D eigenvalue weighted by Gasteiger charge is 2.19. The van der Waals surface area contributed by atoms with E-state index in [1.165, 1.54) is 7.11 Å². The largest absolute Gasteiger partial charge is 0.478 e. The second-order valence-electron chi connectivity index (χ2n) is 3.81. The minimum absolute atomic E-state index is 0.330. The zero-order valence-corrected chi connectivity index (χ0v) is 10.2. The normalized spacial score (nSPS) is 12.0. The highest BCUT2D eigenvalue weighted by atomic mass is 16.6. The minimum Gasteiger partial charge on any atom is -0.478 e. The number of rotatable bonds is 4. The van der Waals surface area contributed by atoms with Crippen molar-refractivity contribution >= 4 is 5.97 Å². The van der Waals surface area contributed by atoms with Crippen LogP contribution < -0.4 is 4.74 Å². The van der Waals surface area contributed by atoms with Gasteiger partial charge in [0.05, 0.1) is 7.11 Å². The van der Waals surface area contributed by atoms with Gasteiger partial charge in [-0.05, 0) is 37.5 Å². The van der Waals surface area contributed by atoms with Crippen molar-refractivity contribution in [1.82, 2.24) is 0 Å². The molecule has 3 nitrogen and oxygen atoms in total. The quantitative estimate of drug-likeness (QED) is 0.735. The molecule has 0 spiro atoms. The Labute approximate surface area is 96.4 Å². The van der Waals surface area contributed by atoms with Crippen molar-refractivity contribution in [3.05, 3.63) is 29.3 Å². The second kappa shape index (κ2) is 5.54. The molecule has 0 radical (unpaired) electrons. The molecular weight excluding hydrogens is 204 g/mol. The van der Waals surface area contributed by atoms with Crippen molar-refractivity contribution in [3.63, 3.8) is 0 Å². The fourth-order valence-electron chi connectivity index (χ4n) is 1.42. The number of carbonyl (C=O) groups is 1. The number of ether oxygens (including phenoxy) is 2. The van der Waals surface area contributed by atoms with Crippen molar-refractivity contribution in [2.75, 3.05) is 7.11 Å². The lowest BCUT2D eigenvalue weighted by atomic mass is 10.1. The standard InChI is InChI=1S/C13H18O3/c1-5-11(13(14)15-4)16-12-8-9(2)6-7-10(12)3/h6-8,11H,5H2,1-4H3. The van der Waals surface area contributed by atoms with Crippen LogP contribution in [0.5, 0.6) is 5.75 Å². The molecule has 1 atom stereocenters. The first-order valence-corrected chi connectivity index (χ1v) is 5.40. The lowest BCUT2D eigenvalue weighted by Gasteiger charge is -2.17. The van der Waals surface area contributed by atoms with Gasteiger partial charge in [0.2, 0.25) is 0 Å². The highest BCUT2D eigenvalue weighted by molar-refractivity contribution is 5.74. The molecule has 0 aliphatic carbocycles. The van der Waals surface area contributed by atoms with Crippen LogP contribution in [0.4, 0.5) is 0 Å². The van der Waals surface area contributed by atoms with E-state index in [0.29, 0.717) is 6.42 Å². The summed E-state index contributed by atoms with van der Waals surface area (Å²) >= 11 is 0. The molecule has 16 heavy (non-hydrogen) atoms. The van der Waals surface area contributed by atoms with Gasteiger partial charge in [0.15, 0.2) is 6.10 Å². The number of methoxy groups -OCH3 is 1. The van der Waals surface area contributed by atoms with Gasteiger partial charge in [-0.2, -0.15) is 0 Å². The Balaban J connectivity index is 2.85. The van der Waals surface area contributed by atoms with Crippen molar-refractivity contribution in [2.24, 2.45) is 0 Å². The van der Waals surface area contributed by atoms with E-state index in [4.69, 9.17) is 4.74 Å². The first kappa shape index (κ1) is 12.6. The molecule has 0 N–H and O–H groups in total. The monoisotopic (exact) mass is 222 g/mol. The number of benzene rings is 1. The molecule has 0 amide bonds. The summed E-state index contributed by atoms with van der Waals surface area (Å²) in [4.78, 5) is 11.4. The maximum absolute atomic E-state index is 11.4. The van der Waals surface area contributed by atoms with Crippen molar-refractivity contribution in [2.45, 2.75) is 33.3 Å². The number of esters is 1. The Morgan fingerprint density at radius 2 is 2.06 bits per heavy atom. The molecule has 0 aromatic heterocycles. The molecular formula is C13H18O3. The topological polar surface area (TPSA) is 35.5 Å². The van der Waals surface area contributed by atoms with Crippen LogP contribution in [-0.2, 0) is 9.53 Å². The van der Waals surface area contributed by atoms with Gasteiger partial charge in [0, 0.05) is 0 Å². The Kier molecular flexibility index (Phi) is 4.35. The molecule has 3 heteroatoms. The number of aryl methyl sites for hydroxylation is 2. The summed E-state index contributed by atoms with van der Waals surface area (Å²) in [6.45, 7) is 5.84. The van der Waals surface area contributed by atoms with Gasteiger partial charge in [-0.1, -0.05) is 19.1 Å². The molecule has 1 aromatic rings. The third kappa shape index (κ3) is 2.99. The van der Waals surface area contributed by atoms with E-state index < -0.39 is 6.10 Å². The van der Waals surface area contributed by atoms with Crippen LogP contribution in [0.2, 0.25) is 0 Å². The Bertz CT molecular complexity index is 371. The minimum atomic E-state index is -0.523. The predicted octanol–water partition coefficient (Wildman–Crippen LogP) is 2.63. The molecule has 0 aliphatic heterocycles. The van der Waals surface area contributed by atoms with Crippen LogP contribution in [0.15, 0.2) is 18.2 Å². The first-order valence-electron chi connectivity index (χ1n) is 5.40. The SMILES string of the molecule is CCC(Oc1cc(C)ccc1C)C(=O)OC. The van der Waals surface area contributed by atoms with Gasteiger partial charge in [-0.15, -0.1) is 0 Å². The fourth-order valence-corrected chi connectivity index (χ4v) is 1.42. The van der Waals surface area contributed by atoms with Crippen molar-refractivity contribution < 1.29 is 14.3 Å². The third-order valence-corrected chi connectivity index (χ3v) is 2.45. The summed E-state index contributed by atoms with van der Waals surface area (Å²) in [6.07, 6.45) is 0.0746. The van der Waals surface area contributed by atoms with Gasteiger partial charge in [-0.25, -0.2) is 4.79 Å². The average Bonchev–Trinajstić information content (AvgIpc) is 2.29. The molecule has 0 heterocycles. The van der Waals surface area contributed by atoms with Gasteiger partial charge in [0.25, 0.3) is 0 Å². The van der Waals surface area contributed by atoms with E-state index in [1.54, 1.807) is 0 Å². The average molecular weight is 222 g/mol. The summed E-state index contributed by atoms with van der Waals surface area (Å²) < 4.78 is 10.3. The van der Waals surface area contributed by atoms with E-state index in [1.807, 2.05) is 39.0 Å². The predicted molar refractivity (Wildman–Crippen MR) is 62.6 cm³/mol. The third-order valence-electron chi connectivity index (χ3n) is 2.45. The maximum Gasteiger partial charge on any atom is 0.347 e. The molecule has 1 rings (SSSR count). The fraction of sp³-hybridized carbons (Fsp3) is 0.462. The lowest BCUT2D eigenvalue weighted by molar-refractivity contribution is -0.148. The maximum atomic E-state index is 11.4. The smallest absolute Gasteiger partial charge is 0.347 e. The molecule has 0 saturated carbocycles. The van der Waals surface area contributed by atoms with Gasteiger partial charge in [0.1, 0.15) is 5.75 Å². The molecule has 0 aliphatic rings. The molecule has 0 saturated heterocycles.